The number of para-hydroxylation sites is 2. The number of benzene rings is 7. The Morgan fingerprint density at radius 2 is 1.22 bits per heavy atom. The molecule has 0 spiro atoms. The first kappa shape index (κ1) is 32.1. The Bertz CT molecular complexity index is 2910. The number of aryl methyl sites for hydroxylation is 2. The molecule has 0 fully saturated rings. The largest absolute Gasteiger partial charge is 0.507 e. The maximum atomic E-state index is 11.2. The van der Waals surface area contributed by atoms with Gasteiger partial charge in [0, 0.05) is 42.8 Å². The van der Waals surface area contributed by atoms with Crippen LogP contribution in [0, 0.1) is 19.8 Å². The molecule has 0 aliphatic rings. The van der Waals surface area contributed by atoms with E-state index in [4.69, 9.17) is 14.1 Å². The number of hydrogen-bond donors (Lipinski definition) is 1. The van der Waals surface area contributed by atoms with Crippen LogP contribution in [-0.2, 0) is 21.1 Å². The SMILES string of the molecule is [2H]C([2H])([2H])c1cc(-c2ccccc2)cc(-n2c(-c3ccccc3O)nc3c(-c4[c-]c(-c5cc(-c6ccc(C)cc6)ccn5)cc(-c5ccccc5)c4)cccc32)c1.[Pt]. The van der Waals surface area contributed by atoms with Gasteiger partial charge >= 0.3 is 0 Å². The van der Waals surface area contributed by atoms with E-state index in [1.165, 1.54) is 5.56 Å². The fourth-order valence-corrected chi connectivity index (χ4v) is 7.11. The number of phenolic OH excluding ortho intramolecular Hbond substituents is 1. The number of rotatable bonds is 7. The summed E-state index contributed by atoms with van der Waals surface area (Å²) in [5.74, 6) is 0.537. The summed E-state index contributed by atoms with van der Waals surface area (Å²) in [4.78, 5) is 10.1. The number of phenols is 1. The normalized spacial score (nSPS) is 12.1. The molecule has 0 aliphatic carbocycles. The first-order valence-corrected chi connectivity index (χ1v) is 17.9. The van der Waals surface area contributed by atoms with E-state index in [0.717, 1.165) is 61.3 Å². The minimum absolute atomic E-state index is 0. The number of nitrogens with zero attached hydrogens (tertiary/aromatic N) is 3. The van der Waals surface area contributed by atoms with E-state index in [-0.39, 0.29) is 32.4 Å². The molecule has 0 radical (unpaired) electrons. The molecule has 4 nitrogen and oxygen atoms in total. The summed E-state index contributed by atoms with van der Waals surface area (Å²) >= 11 is 0. The van der Waals surface area contributed by atoms with E-state index in [2.05, 4.69) is 67.6 Å². The number of aromatic hydroxyl groups is 1. The summed E-state index contributed by atoms with van der Waals surface area (Å²) in [5, 5.41) is 11.2. The van der Waals surface area contributed by atoms with Crippen molar-refractivity contribution in [3.63, 3.8) is 0 Å². The summed E-state index contributed by atoms with van der Waals surface area (Å²) in [5.41, 5.74) is 13.1. The Kier molecular flexibility index (Phi) is 8.86. The van der Waals surface area contributed by atoms with E-state index >= 15 is 0 Å². The molecule has 0 unspecified atom stereocenters. The second-order valence-electron chi connectivity index (χ2n) is 13.5. The molecule has 0 saturated heterocycles. The average molecular weight is 893 g/mol. The number of imidazole rings is 1. The molecule has 9 aromatic rings. The predicted octanol–water partition coefficient (Wildman–Crippen LogP) is 12.5. The zero-order valence-electron chi connectivity index (χ0n) is 32.8. The molecule has 2 aromatic heterocycles. The topological polar surface area (TPSA) is 50.9 Å². The zero-order chi connectivity index (χ0) is 39.1. The van der Waals surface area contributed by atoms with Crippen molar-refractivity contribution in [1.29, 1.82) is 0 Å². The van der Waals surface area contributed by atoms with E-state index in [9.17, 15) is 5.11 Å². The van der Waals surface area contributed by atoms with E-state index in [1.54, 1.807) is 24.3 Å². The van der Waals surface area contributed by atoms with Crippen LogP contribution in [0.3, 0.4) is 0 Å². The molecular weight excluding hydrogens is 854 g/mol. The van der Waals surface area contributed by atoms with Crippen LogP contribution in [0.15, 0.2) is 176 Å². The molecule has 55 heavy (non-hydrogen) atoms. The molecule has 1 N–H and O–H groups in total. The van der Waals surface area contributed by atoms with Gasteiger partial charge in [0.2, 0.25) is 0 Å². The van der Waals surface area contributed by atoms with E-state index in [0.29, 0.717) is 22.6 Å². The van der Waals surface area contributed by atoms with Crippen LogP contribution in [0.1, 0.15) is 15.2 Å². The fraction of sp³-hybridized carbons (Fsp3) is 0.0400. The number of aromatic nitrogens is 3. The number of fused-ring (bicyclic) bond motifs is 1. The van der Waals surface area contributed by atoms with Gasteiger partial charge in [0.15, 0.2) is 0 Å². The molecule has 0 atom stereocenters. The molecule has 268 valence electrons. The van der Waals surface area contributed by atoms with E-state index < -0.39 is 6.85 Å². The van der Waals surface area contributed by atoms with Gasteiger partial charge in [0.25, 0.3) is 0 Å². The average Bonchev–Trinajstić information content (AvgIpc) is 3.64. The first-order chi connectivity index (χ1) is 27.7. The zero-order valence-corrected chi connectivity index (χ0v) is 32.1. The smallest absolute Gasteiger partial charge is 0.148 e. The van der Waals surface area contributed by atoms with Gasteiger partial charge in [0.1, 0.15) is 11.6 Å². The van der Waals surface area contributed by atoms with Crippen molar-refractivity contribution in [2.75, 3.05) is 0 Å². The van der Waals surface area contributed by atoms with Gasteiger partial charge in [-0.3, -0.25) is 9.55 Å². The minimum Gasteiger partial charge on any atom is -0.507 e. The van der Waals surface area contributed by atoms with E-state index in [1.807, 2.05) is 102 Å². The minimum atomic E-state index is -2.37. The van der Waals surface area contributed by atoms with Crippen LogP contribution >= 0.6 is 0 Å². The van der Waals surface area contributed by atoms with Gasteiger partial charge in [-0.05, 0) is 83.6 Å². The maximum Gasteiger partial charge on any atom is 0.148 e. The Labute approximate surface area is 339 Å². The third-order valence-corrected chi connectivity index (χ3v) is 9.80. The second kappa shape index (κ2) is 15.2. The third-order valence-electron chi connectivity index (χ3n) is 9.80. The van der Waals surface area contributed by atoms with Gasteiger partial charge in [-0.15, -0.1) is 23.8 Å². The van der Waals surface area contributed by atoms with Crippen LogP contribution in [-0.4, -0.2) is 19.6 Å². The summed E-state index contributed by atoms with van der Waals surface area (Å²) in [6.45, 7) is -0.289. The monoisotopic (exact) mass is 892 g/mol. The molecule has 0 saturated carbocycles. The molecule has 5 heteroatoms. The summed E-state index contributed by atoms with van der Waals surface area (Å²) in [7, 11) is 0. The van der Waals surface area contributed by atoms with Crippen molar-refractivity contribution in [3.05, 3.63) is 193 Å². The van der Waals surface area contributed by atoms with Crippen molar-refractivity contribution < 1.29 is 30.3 Å². The molecule has 2 heterocycles. The quantitative estimate of drug-likeness (QED) is 0.162. The summed E-state index contributed by atoms with van der Waals surface area (Å²) in [6.07, 6.45) is 1.84. The summed E-state index contributed by atoms with van der Waals surface area (Å²) in [6, 6.07) is 59.0. The Morgan fingerprint density at radius 1 is 0.564 bits per heavy atom. The van der Waals surface area contributed by atoms with Crippen molar-refractivity contribution in [2.24, 2.45) is 0 Å². The van der Waals surface area contributed by atoms with Crippen molar-refractivity contribution in [3.8, 4) is 78.6 Å². The molecule has 7 aromatic carbocycles. The van der Waals surface area contributed by atoms with Crippen molar-refractivity contribution >= 4 is 11.0 Å². The van der Waals surface area contributed by atoms with Crippen LogP contribution in [0.25, 0.3) is 83.9 Å². The van der Waals surface area contributed by atoms with Crippen molar-refractivity contribution in [1.82, 2.24) is 14.5 Å². The van der Waals surface area contributed by atoms with Crippen LogP contribution in [0.5, 0.6) is 5.75 Å². The van der Waals surface area contributed by atoms with Crippen LogP contribution in [0.2, 0.25) is 0 Å². The fourth-order valence-electron chi connectivity index (χ4n) is 7.11. The maximum absolute atomic E-state index is 11.2. The van der Waals surface area contributed by atoms with Crippen molar-refractivity contribution in [2.45, 2.75) is 13.8 Å². The van der Waals surface area contributed by atoms with Crippen LogP contribution in [0.4, 0.5) is 0 Å². The number of hydrogen-bond acceptors (Lipinski definition) is 3. The van der Waals surface area contributed by atoms with Gasteiger partial charge in [-0.2, -0.15) is 0 Å². The second-order valence-corrected chi connectivity index (χ2v) is 13.5. The number of pyridine rings is 1. The molecular formula is C50H36N3OPt-. The standard InChI is InChI=1S/C50H36N3O.Pt/c1-33-20-22-37(23-21-33)38-24-25-51-46(32-38)42-29-40(36-14-7-4-8-15-36)28-41(30-42)44-17-11-18-47-49(44)52-50(45-16-9-10-19-48(45)54)53(47)43-27-34(2)26-39(31-43)35-12-5-3-6-13-35;/h3-29,31-32,54H,1-2H3;/q-1;/i2D3;. The Hall–Kier alpha value is -6.35. The third kappa shape index (κ3) is 7.05. The Balaban J connectivity index is 0.00000469. The van der Waals surface area contributed by atoms with Crippen LogP contribution < -0.4 is 0 Å². The van der Waals surface area contributed by atoms with Gasteiger partial charge < -0.3 is 5.11 Å². The van der Waals surface area contributed by atoms with Gasteiger partial charge in [-0.25, -0.2) is 4.98 Å². The van der Waals surface area contributed by atoms with Gasteiger partial charge in [0.05, 0.1) is 16.6 Å². The Morgan fingerprint density at radius 3 is 1.95 bits per heavy atom. The molecule has 0 aliphatic heterocycles. The molecule has 9 rings (SSSR count). The van der Waals surface area contributed by atoms with Gasteiger partial charge in [-0.1, -0.05) is 144 Å². The summed E-state index contributed by atoms with van der Waals surface area (Å²) < 4.78 is 27.2. The molecule has 0 amide bonds. The predicted molar refractivity (Wildman–Crippen MR) is 221 cm³/mol. The first-order valence-electron chi connectivity index (χ1n) is 19.4. The molecule has 0 bridgehead atoms.